The van der Waals surface area contributed by atoms with Gasteiger partial charge in [0.05, 0.1) is 12.0 Å². The molecule has 1 aromatic heterocycles. The van der Waals surface area contributed by atoms with Gasteiger partial charge in [0.15, 0.2) is 0 Å². The van der Waals surface area contributed by atoms with E-state index >= 15 is 0 Å². The van der Waals surface area contributed by atoms with Crippen LogP contribution in [0, 0.1) is 11.3 Å². The molecule has 0 amide bonds. The molecule has 82 valence electrons. The summed E-state index contributed by atoms with van der Waals surface area (Å²) in [6.07, 6.45) is 2.21. The molecular formula is C13H12BN3. The van der Waals surface area contributed by atoms with Gasteiger partial charge in [-0.3, -0.25) is 4.68 Å². The van der Waals surface area contributed by atoms with Crippen molar-refractivity contribution in [3.63, 3.8) is 0 Å². The Morgan fingerprint density at radius 1 is 1.41 bits per heavy atom. The first kappa shape index (κ1) is 11.5. The van der Waals surface area contributed by atoms with Crippen LogP contribution in [-0.2, 0) is 13.5 Å². The Morgan fingerprint density at radius 3 is 2.65 bits per heavy atom. The molecule has 4 heteroatoms. The minimum absolute atomic E-state index is 0.186. The number of benzene rings is 1. The van der Waals surface area contributed by atoms with Crippen LogP contribution in [0.3, 0.4) is 0 Å². The lowest BCUT2D eigenvalue weighted by molar-refractivity contribution is 0.687. The molecule has 0 fully saturated rings. The van der Waals surface area contributed by atoms with Gasteiger partial charge >= 0.3 is 0 Å². The van der Waals surface area contributed by atoms with Crippen LogP contribution in [0.2, 0.25) is 0 Å². The third-order valence-electron chi connectivity index (χ3n) is 2.85. The van der Waals surface area contributed by atoms with E-state index in [0.717, 1.165) is 11.3 Å². The van der Waals surface area contributed by atoms with E-state index in [1.807, 2.05) is 37.4 Å². The summed E-state index contributed by atoms with van der Waals surface area (Å²) in [6.45, 7) is 0. The number of aryl methyl sites for hydroxylation is 1. The molecule has 2 rings (SSSR count). The molecule has 1 heterocycles. The molecule has 0 N–H and O–H groups in total. The van der Waals surface area contributed by atoms with Crippen molar-refractivity contribution in [2.75, 3.05) is 0 Å². The van der Waals surface area contributed by atoms with Crippen LogP contribution >= 0.6 is 0 Å². The van der Waals surface area contributed by atoms with E-state index in [4.69, 9.17) is 7.85 Å². The molecule has 1 unspecified atom stereocenters. The van der Waals surface area contributed by atoms with Crippen LogP contribution in [0.1, 0.15) is 17.2 Å². The van der Waals surface area contributed by atoms with E-state index in [-0.39, 0.29) is 5.92 Å². The molecule has 3 nitrogen and oxygen atoms in total. The summed E-state index contributed by atoms with van der Waals surface area (Å²) in [5.74, 6) is -0.186. The van der Waals surface area contributed by atoms with Gasteiger partial charge in [-0.1, -0.05) is 35.8 Å². The fraction of sp³-hybridized carbons (Fsp3) is 0.231. The van der Waals surface area contributed by atoms with Crippen molar-refractivity contribution < 1.29 is 0 Å². The van der Waals surface area contributed by atoms with Crippen molar-refractivity contribution in [3.05, 3.63) is 47.8 Å². The molecule has 1 atom stereocenters. The van der Waals surface area contributed by atoms with Crippen LogP contribution < -0.4 is 5.46 Å². The van der Waals surface area contributed by atoms with Crippen LogP contribution in [0.25, 0.3) is 0 Å². The molecule has 0 aliphatic rings. The van der Waals surface area contributed by atoms with Gasteiger partial charge in [0, 0.05) is 25.4 Å². The summed E-state index contributed by atoms with van der Waals surface area (Å²) < 4.78 is 1.72. The first-order chi connectivity index (χ1) is 8.22. The van der Waals surface area contributed by atoms with E-state index in [9.17, 15) is 5.26 Å². The highest BCUT2D eigenvalue weighted by Gasteiger charge is 2.14. The van der Waals surface area contributed by atoms with Crippen molar-refractivity contribution in [1.29, 1.82) is 5.26 Å². The maximum absolute atomic E-state index is 9.24. The average Bonchev–Trinajstić information content (AvgIpc) is 2.68. The summed E-state index contributed by atoms with van der Waals surface area (Å²) in [6, 6.07) is 12.0. The van der Waals surface area contributed by atoms with E-state index < -0.39 is 0 Å². The molecule has 0 spiro atoms. The van der Waals surface area contributed by atoms with Crippen molar-refractivity contribution in [2.24, 2.45) is 7.05 Å². The standard InChI is InChI=1S/C13H12BN3/c1-17-13(12(14)9-16-17)7-11(8-15)10-5-3-2-4-6-10/h2-6,9,11H,7H2,1H3. The van der Waals surface area contributed by atoms with Crippen molar-refractivity contribution in [1.82, 2.24) is 9.78 Å². The predicted molar refractivity (Wildman–Crippen MR) is 67.1 cm³/mol. The maximum atomic E-state index is 9.24. The molecule has 2 radical (unpaired) electrons. The Balaban J connectivity index is 2.26. The Bertz CT molecular complexity index is 520. The first-order valence-electron chi connectivity index (χ1n) is 5.43. The topological polar surface area (TPSA) is 41.6 Å². The fourth-order valence-corrected chi connectivity index (χ4v) is 1.85. The van der Waals surface area contributed by atoms with Crippen molar-refractivity contribution >= 4 is 13.3 Å². The second-order valence-electron chi connectivity index (χ2n) is 3.97. The Morgan fingerprint density at radius 2 is 2.12 bits per heavy atom. The van der Waals surface area contributed by atoms with Crippen LogP contribution in [-0.4, -0.2) is 17.6 Å². The van der Waals surface area contributed by atoms with Crippen molar-refractivity contribution in [3.8, 4) is 6.07 Å². The number of hydrogen-bond acceptors (Lipinski definition) is 2. The SMILES string of the molecule is [B]c1cnn(C)c1CC(C#N)c1ccccc1. The zero-order valence-electron chi connectivity index (χ0n) is 9.67. The first-order valence-corrected chi connectivity index (χ1v) is 5.43. The van der Waals surface area contributed by atoms with Gasteiger partial charge in [-0.15, -0.1) is 0 Å². The molecule has 0 saturated carbocycles. The molecule has 0 bridgehead atoms. The maximum Gasteiger partial charge on any atom is 0.118 e. The third kappa shape index (κ3) is 2.39. The van der Waals surface area contributed by atoms with Crippen LogP contribution in [0.15, 0.2) is 36.5 Å². The molecule has 0 aliphatic carbocycles. The Hall–Kier alpha value is -2.02. The third-order valence-corrected chi connectivity index (χ3v) is 2.85. The van der Waals surface area contributed by atoms with E-state index in [1.54, 1.807) is 10.9 Å². The van der Waals surface area contributed by atoms with Crippen molar-refractivity contribution in [2.45, 2.75) is 12.3 Å². The lowest BCUT2D eigenvalue weighted by Crippen LogP contribution is -2.14. The highest BCUT2D eigenvalue weighted by atomic mass is 15.3. The molecule has 0 aliphatic heterocycles. The highest BCUT2D eigenvalue weighted by Crippen LogP contribution is 2.18. The van der Waals surface area contributed by atoms with Crippen LogP contribution in [0.4, 0.5) is 0 Å². The van der Waals surface area contributed by atoms with Gasteiger partial charge in [-0.05, 0) is 5.56 Å². The van der Waals surface area contributed by atoms with Gasteiger partial charge < -0.3 is 0 Å². The predicted octanol–water partition coefficient (Wildman–Crippen LogP) is 1.06. The normalized spacial score (nSPS) is 12.0. The zero-order chi connectivity index (χ0) is 12.3. The molecule has 2 aromatic rings. The second-order valence-corrected chi connectivity index (χ2v) is 3.97. The van der Waals surface area contributed by atoms with Gasteiger partial charge in [0.1, 0.15) is 7.85 Å². The molecule has 1 aromatic carbocycles. The molecule has 0 saturated heterocycles. The van der Waals surface area contributed by atoms with E-state index in [0.29, 0.717) is 11.9 Å². The number of rotatable bonds is 3. The largest absolute Gasteiger partial charge is 0.273 e. The second kappa shape index (κ2) is 4.88. The smallest absolute Gasteiger partial charge is 0.118 e. The Kier molecular flexibility index (Phi) is 3.29. The minimum atomic E-state index is -0.186. The molecular weight excluding hydrogens is 209 g/mol. The average molecular weight is 221 g/mol. The summed E-state index contributed by atoms with van der Waals surface area (Å²) in [5.41, 5.74) is 2.56. The number of aromatic nitrogens is 2. The van der Waals surface area contributed by atoms with E-state index in [2.05, 4.69) is 11.2 Å². The number of hydrogen-bond donors (Lipinski definition) is 0. The number of nitrogens with zero attached hydrogens (tertiary/aromatic N) is 3. The summed E-state index contributed by atoms with van der Waals surface area (Å²) in [4.78, 5) is 0. The Labute approximate surface area is 102 Å². The highest BCUT2D eigenvalue weighted by molar-refractivity contribution is 6.33. The summed E-state index contributed by atoms with van der Waals surface area (Å²) in [7, 11) is 7.67. The zero-order valence-corrected chi connectivity index (χ0v) is 9.67. The monoisotopic (exact) mass is 221 g/mol. The lowest BCUT2D eigenvalue weighted by Gasteiger charge is -2.10. The van der Waals surface area contributed by atoms with Crippen LogP contribution in [0.5, 0.6) is 0 Å². The van der Waals surface area contributed by atoms with Gasteiger partial charge in [0.2, 0.25) is 0 Å². The lowest BCUT2D eigenvalue weighted by atomic mass is 9.89. The van der Waals surface area contributed by atoms with Gasteiger partial charge in [-0.2, -0.15) is 10.4 Å². The van der Waals surface area contributed by atoms with Gasteiger partial charge in [-0.25, -0.2) is 0 Å². The summed E-state index contributed by atoms with van der Waals surface area (Å²) >= 11 is 0. The van der Waals surface area contributed by atoms with Gasteiger partial charge in [0.25, 0.3) is 0 Å². The quantitative estimate of drug-likeness (QED) is 0.727. The fourth-order valence-electron chi connectivity index (χ4n) is 1.85. The van der Waals surface area contributed by atoms with E-state index in [1.165, 1.54) is 0 Å². The minimum Gasteiger partial charge on any atom is -0.273 e. The molecule has 17 heavy (non-hydrogen) atoms. The number of nitriles is 1. The summed E-state index contributed by atoms with van der Waals surface area (Å²) in [5, 5.41) is 13.3.